The summed E-state index contributed by atoms with van der Waals surface area (Å²) in [5, 5.41) is 5.77. The number of urea groups is 1. The molecule has 2 heterocycles. The van der Waals surface area contributed by atoms with Crippen molar-refractivity contribution in [3.63, 3.8) is 0 Å². The third-order valence-corrected chi connectivity index (χ3v) is 7.17. The zero-order chi connectivity index (χ0) is 26.4. The summed E-state index contributed by atoms with van der Waals surface area (Å²) in [6.45, 7) is 5.36. The van der Waals surface area contributed by atoms with Gasteiger partial charge in [0, 0.05) is 32.1 Å². The first-order valence-corrected chi connectivity index (χ1v) is 13.4. The molecule has 3 aliphatic rings. The van der Waals surface area contributed by atoms with Gasteiger partial charge in [0.2, 0.25) is 24.5 Å². The SMILES string of the molecule is CC(C)CNC(=O)CCCCN1C(=O)C2CCCCC2N(CC(=O)NCc2ccc3c(c2)OCO3)C1=O. The Morgan fingerprint density at radius 3 is 2.62 bits per heavy atom. The van der Waals surface area contributed by atoms with Crippen molar-refractivity contribution in [2.45, 2.75) is 71.4 Å². The van der Waals surface area contributed by atoms with Gasteiger partial charge in [0.15, 0.2) is 11.5 Å². The third kappa shape index (κ3) is 6.72. The molecule has 1 saturated heterocycles. The van der Waals surface area contributed by atoms with Gasteiger partial charge in [-0.2, -0.15) is 0 Å². The molecule has 4 rings (SSSR count). The van der Waals surface area contributed by atoms with Crippen LogP contribution in [0.25, 0.3) is 0 Å². The minimum atomic E-state index is -0.407. The molecule has 1 aliphatic carbocycles. The third-order valence-electron chi connectivity index (χ3n) is 7.17. The molecule has 2 atom stereocenters. The number of nitrogens with one attached hydrogen (secondary N) is 2. The molecule has 2 N–H and O–H groups in total. The van der Waals surface area contributed by atoms with Crippen molar-refractivity contribution in [1.82, 2.24) is 20.4 Å². The van der Waals surface area contributed by atoms with Crippen LogP contribution in [0.5, 0.6) is 11.5 Å². The summed E-state index contributed by atoms with van der Waals surface area (Å²) in [6.07, 6.45) is 4.82. The quantitative estimate of drug-likeness (QED) is 0.439. The maximum Gasteiger partial charge on any atom is 0.327 e. The van der Waals surface area contributed by atoms with E-state index in [1.165, 1.54) is 4.90 Å². The number of rotatable bonds is 11. The Labute approximate surface area is 218 Å². The van der Waals surface area contributed by atoms with E-state index in [0.717, 1.165) is 31.2 Å². The van der Waals surface area contributed by atoms with Crippen LogP contribution in [0.15, 0.2) is 18.2 Å². The average Bonchev–Trinajstić information content (AvgIpc) is 3.36. The lowest BCUT2D eigenvalue weighted by atomic mass is 9.81. The van der Waals surface area contributed by atoms with Gasteiger partial charge >= 0.3 is 6.03 Å². The van der Waals surface area contributed by atoms with E-state index in [-0.39, 0.29) is 49.6 Å². The van der Waals surface area contributed by atoms with Crippen molar-refractivity contribution in [3.05, 3.63) is 23.8 Å². The number of unbranched alkanes of at least 4 members (excludes halogenated alkanes) is 1. The van der Waals surface area contributed by atoms with Gasteiger partial charge in [0.1, 0.15) is 6.54 Å². The van der Waals surface area contributed by atoms with Crippen molar-refractivity contribution in [1.29, 1.82) is 0 Å². The minimum absolute atomic E-state index is 0.0156. The van der Waals surface area contributed by atoms with Crippen LogP contribution in [-0.2, 0) is 20.9 Å². The van der Waals surface area contributed by atoms with E-state index in [9.17, 15) is 19.2 Å². The summed E-state index contributed by atoms with van der Waals surface area (Å²) in [5.74, 6) is 1.01. The lowest BCUT2D eigenvalue weighted by molar-refractivity contribution is -0.142. The van der Waals surface area contributed by atoms with E-state index in [0.29, 0.717) is 49.8 Å². The maximum absolute atomic E-state index is 13.4. The molecule has 0 bridgehead atoms. The van der Waals surface area contributed by atoms with Gasteiger partial charge in [-0.1, -0.05) is 32.8 Å². The highest BCUT2D eigenvalue weighted by molar-refractivity contribution is 6.00. The molecule has 0 radical (unpaired) electrons. The monoisotopic (exact) mass is 514 g/mol. The molecule has 10 heteroatoms. The first-order valence-electron chi connectivity index (χ1n) is 13.4. The molecule has 202 valence electrons. The predicted molar refractivity (Wildman–Crippen MR) is 136 cm³/mol. The highest BCUT2D eigenvalue weighted by Crippen LogP contribution is 2.35. The van der Waals surface area contributed by atoms with Crippen LogP contribution in [0, 0.1) is 11.8 Å². The van der Waals surface area contributed by atoms with E-state index in [1.807, 2.05) is 32.0 Å². The van der Waals surface area contributed by atoms with Crippen molar-refractivity contribution in [3.8, 4) is 11.5 Å². The van der Waals surface area contributed by atoms with E-state index in [4.69, 9.17) is 9.47 Å². The van der Waals surface area contributed by atoms with Crippen LogP contribution in [-0.4, -0.2) is 66.0 Å². The standard InChI is InChI=1S/C27H38N4O6/c1-18(2)14-28-24(32)9-5-6-12-30-26(34)20-7-3-4-8-21(20)31(27(30)35)16-25(33)29-15-19-10-11-22-23(13-19)37-17-36-22/h10-11,13,18,20-21H,3-9,12,14-17H2,1-2H3,(H,28,32)(H,29,33). The Morgan fingerprint density at radius 2 is 1.81 bits per heavy atom. The topological polar surface area (TPSA) is 117 Å². The molecule has 0 aromatic heterocycles. The Morgan fingerprint density at radius 1 is 1.03 bits per heavy atom. The van der Waals surface area contributed by atoms with Crippen LogP contribution in [0.3, 0.4) is 0 Å². The second-order valence-electron chi connectivity index (χ2n) is 10.5. The highest BCUT2D eigenvalue weighted by atomic mass is 16.7. The number of amides is 5. The Kier molecular flexibility index (Phi) is 8.89. The van der Waals surface area contributed by atoms with Gasteiger partial charge in [-0.05, 0) is 49.3 Å². The van der Waals surface area contributed by atoms with Gasteiger partial charge in [0.25, 0.3) is 0 Å². The smallest absolute Gasteiger partial charge is 0.327 e. The summed E-state index contributed by atoms with van der Waals surface area (Å²) < 4.78 is 10.7. The lowest BCUT2D eigenvalue weighted by Crippen LogP contribution is -2.63. The number of nitrogens with zero attached hydrogens (tertiary/aromatic N) is 2. The molecule has 1 aromatic carbocycles. The molecule has 2 unspecified atom stereocenters. The molecule has 1 saturated carbocycles. The predicted octanol–water partition coefficient (Wildman–Crippen LogP) is 2.80. The zero-order valence-corrected chi connectivity index (χ0v) is 21.8. The lowest BCUT2D eigenvalue weighted by Gasteiger charge is -2.46. The van der Waals surface area contributed by atoms with Crippen molar-refractivity contribution in [2.75, 3.05) is 26.4 Å². The summed E-state index contributed by atoms with van der Waals surface area (Å²) >= 11 is 0. The molecule has 10 nitrogen and oxygen atoms in total. The molecule has 5 amide bonds. The number of hydrogen-bond donors (Lipinski definition) is 2. The molecule has 0 spiro atoms. The second kappa shape index (κ2) is 12.3. The summed E-state index contributed by atoms with van der Waals surface area (Å²) in [4.78, 5) is 54.3. The Hall–Kier alpha value is -3.30. The van der Waals surface area contributed by atoms with Gasteiger partial charge in [-0.25, -0.2) is 4.79 Å². The number of ether oxygens (including phenoxy) is 2. The molecule has 2 aliphatic heterocycles. The van der Waals surface area contributed by atoms with E-state index < -0.39 is 6.03 Å². The summed E-state index contributed by atoms with van der Waals surface area (Å²) in [7, 11) is 0. The number of carbonyl (C=O) groups is 4. The minimum Gasteiger partial charge on any atom is -0.454 e. The van der Waals surface area contributed by atoms with Crippen molar-refractivity contribution < 1.29 is 28.7 Å². The van der Waals surface area contributed by atoms with Crippen molar-refractivity contribution >= 4 is 23.8 Å². The molecule has 37 heavy (non-hydrogen) atoms. The fourth-order valence-corrected chi connectivity index (χ4v) is 5.18. The van der Waals surface area contributed by atoms with Crippen LogP contribution in [0.1, 0.15) is 64.4 Å². The highest BCUT2D eigenvalue weighted by Gasteiger charge is 2.47. The molecule has 2 fully saturated rings. The zero-order valence-electron chi connectivity index (χ0n) is 21.8. The first kappa shape index (κ1) is 26.8. The summed E-state index contributed by atoms with van der Waals surface area (Å²) in [5.41, 5.74) is 0.868. The average molecular weight is 515 g/mol. The maximum atomic E-state index is 13.4. The first-order chi connectivity index (χ1) is 17.8. The fraction of sp³-hybridized carbons (Fsp3) is 0.630. The van der Waals surface area contributed by atoms with Crippen LogP contribution >= 0.6 is 0 Å². The number of carbonyl (C=O) groups excluding carboxylic acids is 4. The molecule has 1 aromatic rings. The Bertz CT molecular complexity index is 1010. The number of fused-ring (bicyclic) bond motifs is 2. The van der Waals surface area contributed by atoms with E-state index in [2.05, 4.69) is 10.6 Å². The largest absolute Gasteiger partial charge is 0.454 e. The van der Waals surface area contributed by atoms with Gasteiger partial charge in [0.05, 0.1) is 5.92 Å². The second-order valence-corrected chi connectivity index (χ2v) is 10.5. The van der Waals surface area contributed by atoms with Gasteiger partial charge in [-0.3, -0.25) is 19.3 Å². The molecular weight excluding hydrogens is 476 g/mol. The van der Waals surface area contributed by atoms with E-state index >= 15 is 0 Å². The van der Waals surface area contributed by atoms with Crippen LogP contribution < -0.4 is 20.1 Å². The number of benzene rings is 1. The molecular formula is C27H38N4O6. The normalized spacial score (nSPS) is 20.7. The fourth-order valence-electron chi connectivity index (χ4n) is 5.18. The van der Waals surface area contributed by atoms with Gasteiger partial charge < -0.3 is 25.0 Å². The van der Waals surface area contributed by atoms with Gasteiger partial charge in [-0.15, -0.1) is 0 Å². The van der Waals surface area contributed by atoms with Crippen molar-refractivity contribution in [2.24, 2.45) is 11.8 Å². The Balaban J connectivity index is 1.32. The van der Waals surface area contributed by atoms with Crippen LogP contribution in [0.2, 0.25) is 0 Å². The number of hydrogen-bond acceptors (Lipinski definition) is 6. The van der Waals surface area contributed by atoms with E-state index in [1.54, 1.807) is 4.90 Å². The number of imide groups is 1. The summed E-state index contributed by atoms with van der Waals surface area (Å²) in [6, 6.07) is 4.84. The van der Waals surface area contributed by atoms with Crippen LogP contribution in [0.4, 0.5) is 4.79 Å².